The quantitative estimate of drug-likeness (QED) is 0.461. The summed E-state index contributed by atoms with van der Waals surface area (Å²) in [6.07, 6.45) is 2.45. The van der Waals surface area contributed by atoms with Gasteiger partial charge >= 0.3 is 5.97 Å². The van der Waals surface area contributed by atoms with Gasteiger partial charge in [0.05, 0.1) is 21.7 Å². The Labute approximate surface area is 174 Å². The highest BCUT2D eigenvalue weighted by atomic mass is 32.1. The molecule has 1 unspecified atom stereocenters. The molecule has 3 heterocycles. The molecule has 29 heavy (non-hydrogen) atoms. The monoisotopic (exact) mass is 424 g/mol. The van der Waals surface area contributed by atoms with Crippen molar-refractivity contribution in [1.82, 2.24) is 15.0 Å². The summed E-state index contributed by atoms with van der Waals surface area (Å²) < 4.78 is 5.47. The minimum absolute atomic E-state index is 0.274. The van der Waals surface area contributed by atoms with Gasteiger partial charge in [0.25, 0.3) is 5.91 Å². The zero-order chi connectivity index (χ0) is 20.2. The number of benzene rings is 1. The van der Waals surface area contributed by atoms with Crippen molar-refractivity contribution in [2.24, 2.45) is 0 Å². The van der Waals surface area contributed by atoms with Gasteiger partial charge in [0.1, 0.15) is 5.52 Å². The molecule has 9 heteroatoms. The molecule has 1 atom stereocenters. The molecule has 146 valence electrons. The zero-order valence-corrected chi connectivity index (χ0v) is 17.0. The topological polar surface area (TPSA) is 94.1 Å². The van der Waals surface area contributed by atoms with E-state index in [0.717, 1.165) is 10.6 Å². The molecule has 0 saturated heterocycles. The predicted molar refractivity (Wildman–Crippen MR) is 113 cm³/mol. The number of esters is 1. The number of ether oxygens (including phenoxy) is 1. The van der Waals surface area contributed by atoms with Crippen molar-refractivity contribution in [2.75, 3.05) is 5.32 Å². The summed E-state index contributed by atoms with van der Waals surface area (Å²) in [7, 11) is 0. The Bertz CT molecular complexity index is 1150. The number of hydrogen-bond donors (Lipinski definition) is 1. The smallest absolute Gasteiger partial charge is 0.341 e. The second-order valence-corrected chi connectivity index (χ2v) is 7.84. The molecule has 0 aliphatic rings. The lowest BCUT2D eigenvalue weighted by Crippen LogP contribution is -2.32. The van der Waals surface area contributed by atoms with Crippen molar-refractivity contribution < 1.29 is 14.3 Å². The van der Waals surface area contributed by atoms with Gasteiger partial charge in [-0.2, -0.15) is 0 Å². The van der Waals surface area contributed by atoms with Crippen molar-refractivity contribution >= 4 is 50.7 Å². The number of thiazole rings is 1. The van der Waals surface area contributed by atoms with Crippen molar-refractivity contribution in [3.05, 3.63) is 59.0 Å². The Morgan fingerprint density at radius 1 is 1.14 bits per heavy atom. The highest BCUT2D eigenvalue weighted by Crippen LogP contribution is 2.28. The first kappa shape index (κ1) is 19.2. The van der Waals surface area contributed by atoms with Crippen LogP contribution in [0.1, 0.15) is 23.7 Å². The van der Waals surface area contributed by atoms with Crippen LogP contribution < -0.4 is 5.32 Å². The molecule has 0 radical (unpaired) electrons. The number of hydrogen-bond acceptors (Lipinski definition) is 8. The van der Waals surface area contributed by atoms with E-state index in [-0.39, 0.29) is 5.56 Å². The molecule has 0 aliphatic carbocycles. The number of nitrogens with zero attached hydrogens (tertiary/aromatic N) is 3. The lowest BCUT2D eigenvalue weighted by molar-refractivity contribution is -0.124. The average molecular weight is 425 g/mol. The van der Waals surface area contributed by atoms with Crippen LogP contribution in [0.5, 0.6) is 0 Å². The molecule has 1 amide bonds. The van der Waals surface area contributed by atoms with Gasteiger partial charge in [-0.05, 0) is 30.0 Å². The number of nitrogens with one attached hydrogen (secondary N) is 1. The fraction of sp³-hybridized carbons (Fsp3) is 0.150. The highest BCUT2D eigenvalue weighted by Gasteiger charge is 2.24. The van der Waals surface area contributed by atoms with Gasteiger partial charge in [0.15, 0.2) is 11.2 Å². The van der Waals surface area contributed by atoms with Crippen LogP contribution in [-0.2, 0) is 9.53 Å². The minimum atomic E-state index is -0.941. The van der Waals surface area contributed by atoms with Crippen LogP contribution in [-0.4, -0.2) is 32.9 Å². The maximum Gasteiger partial charge on any atom is 0.341 e. The standard InChI is InChI=1S/C20H16N4O3S2/c1-2-15(18(25)24-20-23-14(11-29-20)16-7-4-10-28-16)27-19(26)12-5-3-6-13-17(12)22-9-8-21-13/h3-11,15H,2H2,1H3,(H,23,24,25). The second kappa shape index (κ2) is 8.46. The molecular formula is C20H16N4O3S2. The van der Waals surface area contributed by atoms with E-state index in [1.165, 1.54) is 17.5 Å². The fourth-order valence-corrected chi connectivity index (χ4v) is 4.20. The van der Waals surface area contributed by atoms with E-state index in [9.17, 15) is 9.59 Å². The summed E-state index contributed by atoms with van der Waals surface area (Å²) in [4.78, 5) is 39.1. The van der Waals surface area contributed by atoms with Crippen LogP contribution in [0, 0.1) is 0 Å². The molecule has 7 nitrogen and oxygen atoms in total. The van der Waals surface area contributed by atoms with Gasteiger partial charge in [0, 0.05) is 17.8 Å². The van der Waals surface area contributed by atoms with Crippen LogP contribution in [0.2, 0.25) is 0 Å². The summed E-state index contributed by atoms with van der Waals surface area (Å²) >= 11 is 2.90. The molecule has 0 bridgehead atoms. The fourth-order valence-electron chi connectivity index (χ4n) is 2.73. The van der Waals surface area contributed by atoms with Crippen molar-refractivity contribution in [3.63, 3.8) is 0 Å². The Morgan fingerprint density at radius 3 is 2.79 bits per heavy atom. The molecule has 4 aromatic rings. The number of thiophene rings is 1. The SMILES string of the molecule is CCC(OC(=O)c1cccc2nccnc12)C(=O)Nc1nc(-c2cccs2)cs1. The van der Waals surface area contributed by atoms with Gasteiger partial charge in [0.2, 0.25) is 0 Å². The number of carbonyl (C=O) groups is 2. The highest BCUT2D eigenvalue weighted by molar-refractivity contribution is 7.16. The van der Waals surface area contributed by atoms with E-state index in [2.05, 4.69) is 20.3 Å². The van der Waals surface area contributed by atoms with E-state index in [1.54, 1.807) is 42.7 Å². The van der Waals surface area contributed by atoms with Crippen molar-refractivity contribution in [1.29, 1.82) is 0 Å². The first-order valence-corrected chi connectivity index (χ1v) is 10.6. The van der Waals surface area contributed by atoms with Crippen LogP contribution in [0.15, 0.2) is 53.5 Å². The molecule has 0 fully saturated rings. The number of anilines is 1. The third-order valence-corrected chi connectivity index (χ3v) is 5.79. The second-order valence-electron chi connectivity index (χ2n) is 6.04. The number of carbonyl (C=O) groups excluding carboxylic acids is 2. The first-order chi connectivity index (χ1) is 14.2. The molecule has 0 aliphatic heterocycles. The molecule has 4 rings (SSSR count). The normalized spacial score (nSPS) is 11.9. The molecule has 0 saturated carbocycles. The lowest BCUT2D eigenvalue weighted by Gasteiger charge is -2.15. The molecule has 0 spiro atoms. The van der Waals surface area contributed by atoms with E-state index in [4.69, 9.17) is 4.74 Å². The lowest BCUT2D eigenvalue weighted by atomic mass is 10.1. The molecular weight excluding hydrogens is 408 g/mol. The van der Waals surface area contributed by atoms with E-state index >= 15 is 0 Å². The minimum Gasteiger partial charge on any atom is -0.449 e. The molecule has 1 aromatic carbocycles. The van der Waals surface area contributed by atoms with Crippen LogP contribution >= 0.6 is 22.7 Å². The van der Waals surface area contributed by atoms with E-state index < -0.39 is 18.0 Å². The third-order valence-electron chi connectivity index (χ3n) is 4.14. The Balaban J connectivity index is 1.47. The van der Waals surface area contributed by atoms with Crippen LogP contribution in [0.25, 0.3) is 21.6 Å². The number of aromatic nitrogens is 3. The Kier molecular flexibility index (Phi) is 5.59. The summed E-state index contributed by atoms with van der Waals surface area (Å²) in [5, 5.41) is 7.05. The van der Waals surface area contributed by atoms with Crippen molar-refractivity contribution in [2.45, 2.75) is 19.4 Å². The number of rotatable bonds is 6. The summed E-state index contributed by atoms with van der Waals surface area (Å²) in [5.74, 6) is -1.03. The van der Waals surface area contributed by atoms with Gasteiger partial charge in [-0.1, -0.05) is 19.1 Å². The average Bonchev–Trinajstić information content (AvgIpc) is 3.43. The third kappa shape index (κ3) is 4.15. The maximum atomic E-state index is 12.7. The summed E-state index contributed by atoms with van der Waals surface area (Å²) in [6.45, 7) is 1.78. The number of para-hydroxylation sites is 1. The van der Waals surface area contributed by atoms with Crippen LogP contribution in [0.3, 0.4) is 0 Å². The number of amides is 1. The van der Waals surface area contributed by atoms with E-state index in [1.807, 2.05) is 22.9 Å². The Morgan fingerprint density at radius 2 is 2.00 bits per heavy atom. The van der Waals surface area contributed by atoms with Gasteiger partial charge in [-0.25, -0.2) is 9.78 Å². The molecule has 3 aromatic heterocycles. The van der Waals surface area contributed by atoms with Crippen LogP contribution in [0.4, 0.5) is 5.13 Å². The van der Waals surface area contributed by atoms with Crippen molar-refractivity contribution in [3.8, 4) is 10.6 Å². The first-order valence-electron chi connectivity index (χ1n) is 8.86. The predicted octanol–water partition coefficient (Wildman–Crippen LogP) is 4.39. The maximum absolute atomic E-state index is 12.7. The van der Waals surface area contributed by atoms with E-state index in [0.29, 0.717) is 22.6 Å². The Hall–Kier alpha value is -3.17. The van der Waals surface area contributed by atoms with Gasteiger partial charge in [-0.3, -0.25) is 20.1 Å². The number of fused-ring (bicyclic) bond motifs is 1. The zero-order valence-electron chi connectivity index (χ0n) is 15.4. The molecule has 1 N–H and O–H groups in total. The van der Waals surface area contributed by atoms with Gasteiger partial charge < -0.3 is 4.74 Å². The largest absolute Gasteiger partial charge is 0.449 e. The summed E-state index contributed by atoms with van der Waals surface area (Å²) in [6, 6.07) is 8.99. The summed E-state index contributed by atoms with van der Waals surface area (Å²) in [5.41, 5.74) is 2.11. The van der Waals surface area contributed by atoms with Gasteiger partial charge in [-0.15, -0.1) is 22.7 Å².